The molecule has 0 saturated heterocycles. The molecule has 0 radical (unpaired) electrons. The Morgan fingerprint density at radius 1 is 0.457 bits per heavy atom. The molecule has 0 saturated carbocycles. The lowest BCUT2D eigenvalue weighted by atomic mass is 9.94. The van der Waals surface area contributed by atoms with Gasteiger partial charge in [-0.2, -0.15) is 0 Å². The molecular weight excluding hydrogens is 558 g/mol. The Kier molecular flexibility index (Phi) is 3.47. The fourth-order valence-corrected chi connectivity index (χ4v) is 5.93. The smallest absolute Gasteiger partial charge is 0.136 e. The second-order valence-corrected chi connectivity index (χ2v) is 10.5. The van der Waals surface area contributed by atoms with Crippen molar-refractivity contribution in [2.24, 2.45) is 0 Å². The SMILES string of the molecule is [2H]c1cc2oc3c([2H])c([2H])c4cc(-c5ccc(N(c6ccc(-c7c([2H])c([2H])c([2H])c([2H])c7[2H])cc6)c6c([2H])c([2H])c([2H])c([2H])c6[2H])c6ccccc56)cc([2H])c4c3c2c([2H])c1[2H]. The largest absolute Gasteiger partial charge is 0.456 e. The molecule has 2 heteroatoms. The number of rotatable bonds is 5. The second kappa shape index (κ2) is 10.8. The number of nitrogens with zero attached hydrogens (tertiary/aromatic N) is 1. The van der Waals surface area contributed by atoms with E-state index in [1.54, 1.807) is 54.6 Å². The molecule has 8 aromatic carbocycles. The summed E-state index contributed by atoms with van der Waals surface area (Å²) in [5, 5.41) is 2.04. The van der Waals surface area contributed by atoms with Gasteiger partial charge in [0, 0.05) is 27.5 Å². The van der Waals surface area contributed by atoms with E-state index >= 15 is 0 Å². The highest BCUT2D eigenvalue weighted by Gasteiger charge is 2.18. The maximum Gasteiger partial charge on any atom is 0.136 e. The van der Waals surface area contributed by atoms with Gasteiger partial charge in [-0.25, -0.2) is 0 Å². The van der Waals surface area contributed by atoms with Gasteiger partial charge in [-0.15, -0.1) is 0 Å². The lowest BCUT2D eigenvalue weighted by Gasteiger charge is -2.27. The van der Waals surface area contributed by atoms with Gasteiger partial charge in [-0.3, -0.25) is 0 Å². The summed E-state index contributed by atoms with van der Waals surface area (Å²) in [5.74, 6) is 0. The van der Waals surface area contributed by atoms with E-state index < -0.39 is 60.4 Å². The summed E-state index contributed by atoms with van der Waals surface area (Å²) in [6.07, 6.45) is 0. The molecule has 0 N–H and O–H groups in total. The van der Waals surface area contributed by atoms with E-state index in [0.717, 1.165) is 0 Å². The van der Waals surface area contributed by atoms with Crippen LogP contribution in [0.1, 0.15) is 21.9 Å². The first-order valence-electron chi connectivity index (χ1n) is 22.4. The van der Waals surface area contributed by atoms with Crippen molar-refractivity contribution in [3.8, 4) is 22.3 Å². The molecule has 46 heavy (non-hydrogen) atoms. The van der Waals surface area contributed by atoms with Crippen molar-refractivity contribution < 1.29 is 26.3 Å². The van der Waals surface area contributed by atoms with Gasteiger partial charge in [0.15, 0.2) is 0 Å². The molecule has 0 aliphatic heterocycles. The molecule has 0 amide bonds. The summed E-state index contributed by atoms with van der Waals surface area (Å²) in [7, 11) is 0. The Balaban J connectivity index is 1.28. The molecule has 216 valence electrons. The average molecular weight is 604 g/mol. The molecule has 1 aromatic heterocycles. The first-order valence-corrected chi connectivity index (χ1v) is 14.4. The van der Waals surface area contributed by atoms with Crippen molar-refractivity contribution >= 4 is 60.5 Å². The number of furan rings is 1. The summed E-state index contributed by atoms with van der Waals surface area (Å²) in [4.78, 5) is 1.50. The first kappa shape index (κ1) is 14.8. The van der Waals surface area contributed by atoms with Crippen molar-refractivity contribution in [1.82, 2.24) is 0 Å². The van der Waals surface area contributed by atoms with E-state index in [-0.39, 0.29) is 80.2 Å². The van der Waals surface area contributed by atoms with E-state index in [1.165, 1.54) is 23.1 Å². The molecular formula is C44H29NO. The maximum absolute atomic E-state index is 9.29. The number of fused-ring (bicyclic) bond motifs is 6. The highest BCUT2D eigenvalue weighted by atomic mass is 16.3. The third-order valence-corrected chi connectivity index (χ3v) is 7.98. The highest BCUT2D eigenvalue weighted by Crippen LogP contribution is 2.43. The molecule has 0 bridgehead atoms. The van der Waals surface area contributed by atoms with Gasteiger partial charge >= 0.3 is 0 Å². The van der Waals surface area contributed by atoms with Gasteiger partial charge in [0.05, 0.1) is 27.6 Å². The lowest BCUT2D eigenvalue weighted by molar-refractivity contribution is 0.669. The number of para-hydroxylation sites is 2. The number of hydrogen-bond acceptors (Lipinski definition) is 2. The molecule has 0 spiro atoms. The third-order valence-electron chi connectivity index (χ3n) is 7.98. The van der Waals surface area contributed by atoms with Crippen molar-refractivity contribution in [2.45, 2.75) is 0 Å². The van der Waals surface area contributed by atoms with Crippen molar-refractivity contribution in [2.75, 3.05) is 4.90 Å². The zero-order valence-corrected chi connectivity index (χ0v) is 23.9. The Labute approximate surface area is 289 Å². The number of anilines is 3. The van der Waals surface area contributed by atoms with E-state index in [0.29, 0.717) is 38.8 Å². The number of benzene rings is 8. The van der Waals surface area contributed by atoms with E-state index in [9.17, 15) is 1.37 Å². The zero-order valence-electron chi connectivity index (χ0n) is 39.9. The first-order chi connectivity index (χ1) is 29.4. The fraction of sp³-hybridized carbons (Fsp3) is 0. The Hall–Kier alpha value is -6.12. The maximum atomic E-state index is 9.29. The van der Waals surface area contributed by atoms with Gasteiger partial charge in [0.1, 0.15) is 11.2 Å². The molecule has 9 aromatic rings. The van der Waals surface area contributed by atoms with E-state index in [2.05, 4.69) is 0 Å². The van der Waals surface area contributed by atoms with Gasteiger partial charge in [0.25, 0.3) is 0 Å². The Morgan fingerprint density at radius 2 is 1.22 bits per heavy atom. The van der Waals surface area contributed by atoms with Crippen LogP contribution in [0.5, 0.6) is 0 Å². The summed E-state index contributed by atoms with van der Waals surface area (Å²) >= 11 is 0. The van der Waals surface area contributed by atoms with Crippen molar-refractivity contribution in [3.05, 3.63) is 176 Å². The van der Waals surface area contributed by atoms with Crippen LogP contribution >= 0.6 is 0 Å². The predicted octanol–water partition coefficient (Wildman–Crippen LogP) is 12.7. The Bertz CT molecular complexity index is 3380. The second-order valence-electron chi connectivity index (χ2n) is 10.5. The normalized spacial score (nSPS) is 16.3. The molecule has 1 heterocycles. The van der Waals surface area contributed by atoms with Crippen LogP contribution in [-0.2, 0) is 0 Å². The standard InChI is InChI=1S/C44H29NO/c1-3-11-30(12-4-1)31-19-23-35(24-20-31)45(34-13-5-2-6-14-34)41-27-26-36(38-15-7-8-16-39(38)41)32-21-25-37-33(29-32)22-28-43-44(37)40-17-9-10-18-42(40)46-43/h1-29H/i1D,2D,3D,4D,5D,6D,9D,10D,11D,12D,13D,14D,17D,22D,25D,28D. The van der Waals surface area contributed by atoms with E-state index in [4.69, 9.17) is 25.0 Å². The van der Waals surface area contributed by atoms with Gasteiger partial charge in [-0.05, 0) is 86.9 Å². The van der Waals surface area contributed by atoms with Crippen LogP contribution in [0.3, 0.4) is 0 Å². The zero-order chi connectivity index (χ0) is 44.4. The fourth-order valence-electron chi connectivity index (χ4n) is 5.93. The van der Waals surface area contributed by atoms with Gasteiger partial charge in [0.2, 0.25) is 0 Å². The van der Waals surface area contributed by atoms with Crippen LogP contribution in [-0.4, -0.2) is 0 Å². The Morgan fingerprint density at radius 3 is 2.04 bits per heavy atom. The summed E-state index contributed by atoms with van der Waals surface area (Å²) in [6, 6.07) is 14.8. The third kappa shape index (κ3) is 4.35. The molecule has 0 aliphatic carbocycles. The summed E-state index contributed by atoms with van der Waals surface area (Å²) in [5.41, 5.74) is 1.94. The van der Waals surface area contributed by atoms with Crippen molar-refractivity contribution in [3.63, 3.8) is 0 Å². The molecule has 0 unspecified atom stereocenters. The average Bonchev–Trinajstić information content (AvgIpc) is 3.65. The molecule has 0 fully saturated rings. The van der Waals surface area contributed by atoms with Crippen LogP contribution in [0.4, 0.5) is 17.1 Å². The molecule has 9 rings (SSSR count). The van der Waals surface area contributed by atoms with Gasteiger partial charge in [-0.1, -0.05) is 127 Å². The van der Waals surface area contributed by atoms with Crippen LogP contribution in [0.15, 0.2) is 180 Å². The van der Waals surface area contributed by atoms with Crippen molar-refractivity contribution in [1.29, 1.82) is 0 Å². The monoisotopic (exact) mass is 603 g/mol. The topological polar surface area (TPSA) is 16.4 Å². The van der Waals surface area contributed by atoms with Gasteiger partial charge < -0.3 is 9.32 Å². The summed E-state index contributed by atoms with van der Waals surface area (Å²) in [6.45, 7) is 0. The lowest BCUT2D eigenvalue weighted by Crippen LogP contribution is -2.10. The number of hydrogen-bond donors (Lipinski definition) is 0. The predicted molar refractivity (Wildman–Crippen MR) is 194 cm³/mol. The molecule has 0 aliphatic rings. The van der Waals surface area contributed by atoms with Crippen LogP contribution in [0, 0.1) is 0 Å². The van der Waals surface area contributed by atoms with Crippen LogP contribution in [0.2, 0.25) is 0 Å². The molecule has 0 atom stereocenters. The minimum absolute atomic E-state index is 0.0267. The van der Waals surface area contributed by atoms with E-state index in [1.807, 2.05) is 6.07 Å². The quantitative estimate of drug-likeness (QED) is 0.195. The minimum atomic E-state index is -0.589. The van der Waals surface area contributed by atoms with Crippen LogP contribution < -0.4 is 4.90 Å². The molecule has 2 nitrogen and oxygen atoms in total. The van der Waals surface area contributed by atoms with Crippen LogP contribution in [0.25, 0.3) is 65.7 Å². The highest BCUT2D eigenvalue weighted by molar-refractivity contribution is 6.19. The minimum Gasteiger partial charge on any atom is -0.456 e. The summed E-state index contributed by atoms with van der Waals surface area (Å²) < 4.78 is 143.